The Morgan fingerprint density at radius 2 is 1.68 bits per heavy atom. The van der Waals surface area contributed by atoms with Gasteiger partial charge in [-0.15, -0.1) is 0 Å². The molecule has 0 fully saturated rings. The lowest BCUT2D eigenvalue weighted by Crippen LogP contribution is -2.23. The van der Waals surface area contributed by atoms with Crippen LogP contribution in [0.4, 0.5) is 21.7 Å². The summed E-state index contributed by atoms with van der Waals surface area (Å²) < 4.78 is 47.5. The lowest BCUT2D eigenvalue weighted by atomic mass is 9.92. The number of nitrogen functional groups attached to an aromatic ring is 1. The van der Waals surface area contributed by atoms with E-state index in [0.29, 0.717) is 34.1 Å². The number of anilines is 3. The lowest BCUT2D eigenvalue weighted by molar-refractivity contribution is 0.560. The Labute approximate surface area is 213 Å². The van der Waals surface area contributed by atoms with E-state index >= 15 is 0 Å². The third kappa shape index (κ3) is 4.96. The fraction of sp³-hybridized carbons (Fsp3) is 0.160. The molecule has 0 spiro atoms. The molecule has 5 rings (SSSR count). The lowest BCUT2D eigenvalue weighted by Gasteiger charge is -2.14. The highest BCUT2D eigenvalue weighted by Gasteiger charge is 2.23. The second-order valence-corrected chi connectivity index (χ2v) is 10.9. The van der Waals surface area contributed by atoms with E-state index < -0.39 is 16.0 Å². The number of halogens is 1. The maximum Gasteiger partial charge on any atom is 0.322 e. The van der Waals surface area contributed by atoms with E-state index in [1.54, 1.807) is 48.8 Å². The Morgan fingerprint density at radius 1 is 0.973 bits per heavy atom. The molecule has 3 aromatic heterocycles. The maximum absolute atomic E-state index is 13.5. The van der Waals surface area contributed by atoms with Crippen molar-refractivity contribution >= 4 is 33.2 Å². The van der Waals surface area contributed by atoms with Gasteiger partial charge in [0, 0.05) is 29.3 Å². The van der Waals surface area contributed by atoms with Crippen molar-refractivity contribution < 1.29 is 12.8 Å². The van der Waals surface area contributed by atoms with Crippen LogP contribution in [0.3, 0.4) is 0 Å². The van der Waals surface area contributed by atoms with Crippen LogP contribution >= 0.6 is 0 Å². The van der Waals surface area contributed by atoms with Gasteiger partial charge in [0.15, 0.2) is 5.65 Å². The molecule has 37 heavy (non-hydrogen) atoms. The van der Waals surface area contributed by atoms with Crippen molar-refractivity contribution in [2.75, 3.05) is 15.2 Å². The molecule has 0 radical (unpaired) electrons. The Hall–Kier alpha value is -4.45. The molecular formula is C25H25FN8O2S. The number of hydrogen-bond acceptors (Lipinski definition) is 6. The van der Waals surface area contributed by atoms with Crippen molar-refractivity contribution in [1.82, 2.24) is 24.4 Å². The van der Waals surface area contributed by atoms with Crippen molar-refractivity contribution in [3.63, 3.8) is 0 Å². The van der Waals surface area contributed by atoms with Gasteiger partial charge in [-0.1, -0.05) is 32.9 Å². The number of rotatable bonds is 6. The SMILES string of the molecule is CC(C)(C)c1cc(NS(=O)(=O)Nc2ccc(-c3cnc4ccnn4c3N)cc2)n(-c2ccc(F)cc2)n1. The van der Waals surface area contributed by atoms with E-state index in [2.05, 4.69) is 24.6 Å². The van der Waals surface area contributed by atoms with E-state index in [9.17, 15) is 12.8 Å². The van der Waals surface area contributed by atoms with E-state index in [-0.39, 0.29) is 11.2 Å². The summed E-state index contributed by atoms with van der Waals surface area (Å²) in [6.07, 6.45) is 3.26. The number of nitrogens with two attached hydrogens (primary N) is 1. The summed E-state index contributed by atoms with van der Waals surface area (Å²) in [5.41, 5.74) is 9.46. The van der Waals surface area contributed by atoms with Crippen molar-refractivity contribution in [1.29, 1.82) is 0 Å². The summed E-state index contributed by atoms with van der Waals surface area (Å²) in [4.78, 5) is 4.33. The number of nitrogens with one attached hydrogen (secondary N) is 2. The molecule has 0 aliphatic carbocycles. The van der Waals surface area contributed by atoms with Crippen LogP contribution < -0.4 is 15.2 Å². The Kier molecular flexibility index (Phi) is 5.83. The molecule has 0 amide bonds. The zero-order valence-corrected chi connectivity index (χ0v) is 21.2. The molecule has 3 heterocycles. The van der Waals surface area contributed by atoms with Crippen molar-refractivity contribution in [2.24, 2.45) is 0 Å². The molecule has 4 N–H and O–H groups in total. The average Bonchev–Trinajstić information content (AvgIpc) is 3.48. The molecular weight excluding hydrogens is 495 g/mol. The Balaban J connectivity index is 1.40. The summed E-state index contributed by atoms with van der Waals surface area (Å²) in [7, 11) is -4.05. The molecule has 5 aromatic rings. The van der Waals surface area contributed by atoms with E-state index in [4.69, 9.17) is 5.73 Å². The normalized spacial score (nSPS) is 12.1. The van der Waals surface area contributed by atoms with Crippen LogP contribution in [0.5, 0.6) is 0 Å². The fourth-order valence-corrected chi connectivity index (χ4v) is 4.67. The smallest absolute Gasteiger partial charge is 0.322 e. The zero-order chi connectivity index (χ0) is 26.4. The zero-order valence-electron chi connectivity index (χ0n) is 20.3. The third-order valence-electron chi connectivity index (χ3n) is 5.69. The minimum Gasteiger partial charge on any atom is -0.383 e. The largest absolute Gasteiger partial charge is 0.383 e. The van der Waals surface area contributed by atoms with Crippen LogP contribution in [0.1, 0.15) is 26.5 Å². The highest BCUT2D eigenvalue weighted by atomic mass is 32.2. The van der Waals surface area contributed by atoms with Crippen molar-refractivity contribution in [3.05, 3.63) is 84.6 Å². The van der Waals surface area contributed by atoms with Crippen LogP contribution in [0, 0.1) is 5.82 Å². The molecule has 12 heteroatoms. The summed E-state index contributed by atoms with van der Waals surface area (Å²) in [5, 5.41) is 8.72. The fourth-order valence-electron chi connectivity index (χ4n) is 3.75. The summed E-state index contributed by atoms with van der Waals surface area (Å²) >= 11 is 0. The quantitative estimate of drug-likeness (QED) is 0.305. The number of hydrogen-bond donors (Lipinski definition) is 3. The number of fused-ring (bicyclic) bond motifs is 1. The van der Waals surface area contributed by atoms with E-state index in [0.717, 1.165) is 5.56 Å². The van der Waals surface area contributed by atoms with Gasteiger partial charge in [0.05, 0.1) is 23.3 Å². The van der Waals surface area contributed by atoms with Gasteiger partial charge in [-0.2, -0.15) is 23.1 Å². The second kappa shape index (κ2) is 8.89. The van der Waals surface area contributed by atoms with Crippen molar-refractivity contribution in [2.45, 2.75) is 26.2 Å². The first-order valence-electron chi connectivity index (χ1n) is 11.4. The van der Waals surface area contributed by atoms with Crippen LogP contribution in [-0.4, -0.2) is 32.8 Å². The van der Waals surface area contributed by atoms with Gasteiger partial charge in [0.1, 0.15) is 17.5 Å². The monoisotopic (exact) mass is 520 g/mol. The molecule has 0 saturated heterocycles. The number of benzene rings is 2. The molecule has 10 nitrogen and oxygen atoms in total. The molecule has 0 aliphatic heterocycles. The van der Waals surface area contributed by atoms with E-state index in [1.807, 2.05) is 20.8 Å². The second-order valence-electron chi connectivity index (χ2n) is 9.50. The highest BCUT2D eigenvalue weighted by molar-refractivity contribution is 7.94. The maximum atomic E-state index is 13.5. The molecule has 0 aliphatic rings. The van der Waals surface area contributed by atoms with Gasteiger partial charge in [-0.05, 0) is 42.0 Å². The van der Waals surface area contributed by atoms with Gasteiger partial charge in [0.2, 0.25) is 0 Å². The Morgan fingerprint density at radius 3 is 2.35 bits per heavy atom. The minimum absolute atomic E-state index is 0.215. The van der Waals surface area contributed by atoms with E-state index in [1.165, 1.54) is 33.5 Å². The third-order valence-corrected chi connectivity index (χ3v) is 6.67. The van der Waals surface area contributed by atoms with Crippen LogP contribution in [0.2, 0.25) is 0 Å². The molecule has 190 valence electrons. The van der Waals surface area contributed by atoms with Gasteiger partial charge in [-0.3, -0.25) is 9.44 Å². The Bertz CT molecular complexity index is 1690. The summed E-state index contributed by atoms with van der Waals surface area (Å²) in [6, 6.07) is 15.8. The molecule has 0 unspecified atom stereocenters. The van der Waals surface area contributed by atoms with Gasteiger partial charge in [-0.25, -0.2) is 14.1 Å². The first kappa shape index (κ1) is 24.3. The predicted molar refractivity (Wildman–Crippen MR) is 141 cm³/mol. The number of nitrogens with zero attached hydrogens (tertiary/aromatic N) is 5. The first-order chi connectivity index (χ1) is 17.5. The summed E-state index contributed by atoms with van der Waals surface area (Å²) in [6.45, 7) is 5.90. The van der Waals surface area contributed by atoms with Gasteiger partial charge in [0.25, 0.3) is 0 Å². The van der Waals surface area contributed by atoms with Crippen LogP contribution in [0.15, 0.2) is 73.1 Å². The topological polar surface area (TPSA) is 132 Å². The molecule has 0 bridgehead atoms. The molecule has 0 saturated carbocycles. The highest BCUT2D eigenvalue weighted by Crippen LogP contribution is 2.29. The number of aromatic nitrogens is 5. The van der Waals surface area contributed by atoms with Crippen LogP contribution in [0.25, 0.3) is 22.5 Å². The molecule has 0 atom stereocenters. The summed E-state index contributed by atoms with van der Waals surface area (Å²) in [5.74, 6) is 0.238. The van der Waals surface area contributed by atoms with Gasteiger partial charge >= 0.3 is 10.2 Å². The predicted octanol–water partition coefficient (Wildman–Crippen LogP) is 4.37. The van der Waals surface area contributed by atoms with Crippen LogP contribution in [-0.2, 0) is 15.6 Å². The molecule has 2 aromatic carbocycles. The standard InChI is InChI=1S/C25H25FN8O2S/c1-25(2,3)21-14-23(33(30-21)19-10-6-17(26)7-11-19)32-37(35,36)31-18-8-4-16(5-9-18)20-15-28-22-12-13-29-34(22)24(20)27/h4-15,31-32H,27H2,1-3H3. The van der Waals surface area contributed by atoms with Crippen molar-refractivity contribution in [3.8, 4) is 16.8 Å². The first-order valence-corrected chi connectivity index (χ1v) is 12.8. The minimum atomic E-state index is -4.05. The van der Waals surface area contributed by atoms with Gasteiger partial charge < -0.3 is 5.73 Å². The average molecular weight is 521 g/mol.